The zero-order valence-corrected chi connectivity index (χ0v) is 17.8. The quantitative estimate of drug-likeness (QED) is 0.633. The number of hydrogen-bond acceptors (Lipinski definition) is 6. The van der Waals surface area contributed by atoms with Gasteiger partial charge in [-0.2, -0.15) is 0 Å². The van der Waals surface area contributed by atoms with Crippen LogP contribution >= 0.6 is 11.3 Å². The van der Waals surface area contributed by atoms with Crippen LogP contribution in [0.15, 0.2) is 65.1 Å². The van der Waals surface area contributed by atoms with E-state index in [1.807, 2.05) is 12.1 Å². The number of nitrogens with one attached hydrogen (secondary N) is 1. The van der Waals surface area contributed by atoms with Crippen LogP contribution in [0.2, 0.25) is 0 Å². The summed E-state index contributed by atoms with van der Waals surface area (Å²) in [4.78, 5) is 19.1. The van der Waals surface area contributed by atoms with Gasteiger partial charge in [-0.05, 0) is 46.8 Å². The molecule has 0 saturated carbocycles. The molecule has 1 fully saturated rings. The van der Waals surface area contributed by atoms with Crippen molar-refractivity contribution >= 4 is 33.0 Å². The molecule has 0 atom stereocenters. The molecule has 2 aromatic heterocycles. The van der Waals surface area contributed by atoms with Crippen LogP contribution in [0.4, 0.5) is 5.69 Å². The maximum absolute atomic E-state index is 12.9. The molecular formula is C21H21N3O4S2. The minimum atomic E-state index is -3.77. The zero-order chi connectivity index (χ0) is 21.0. The minimum absolute atomic E-state index is 0.0251. The second kappa shape index (κ2) is 8.95. The van der Waals surface area contributed by atoms with Gasteiger partial charge in [0.2, 0.25) is 5.91 Å². The SMILES string of the molecule is O=C(Cc1sccc1NS(=O)(=O)c1ccc(-c2ccncc2)cc1)N1CCOCC1. The van der Waals surface area contributed by atoms with Gasteiger partial charge in [0.15, 0.2) is 0 Å². The van der Waals surface area contributed by atoms with E-state index in [2.05, 4.69) is 9.71 Å². The summed E-state index contributed by atoms with van der Waals surface area (Å²) >= 11 is 1.37. The fourth-order valence-corrected chi connectivity index (χ4v) is 5.18. The van der Waals surface area contributed by atoms with Gasteiger partial charge in [-0.15, -0.1) is 11.3 Å². The number of ether oxygens (including phenoxy) is 1. The zero-order valence-electron chi connectivity index (χ0n) is 16.2. The molecule has 7 nitrogen and oxygen atoms in total. The maximum atomic E-state index is 12.9. The summed E-state index contributed by atoms with van der Waals surface area (Å²) in [5, 5.41) is 1.78. The van der Waals surface area contributed by atoms with Crippen molar-refractivity contribution < 1.29 is 17.9 Å². The minimum Gasteiger partial charge on any atom is -0.378 e. The number of hydrogen-bond donors (Lipinski definition) is 1. The van der Waals surface area contributed by atoms with E-state index in [1.165, 1.54) is 11.3 Å². The normalized spacial score (nSPS) is 14.5. The molecule has 9 heteroatoms. The first kappa shape index (κ1) is 20.5. The Kier molecular flexibility index (Phi) is 6.12. The number of morpholine rings is 1. The highest BCUT2D eigenvalue weighted by atomic mass is 32.2. The van der Waals surface area contributed by atoms with E-state index in [1.54, 1.807) is 53.0 Å². The smallest absolute Gasteiger partial charge is 0.261 e. The summed E-state index contributed by atoms with van der Waals surface area (Å²) in [6.07, 6.45) is 3.55. The Bertz CT molecular complexity index is 1110. The molecule has 1 amide bonds. The molecule has 1 N–H and O–H groups in total. The Hall–Kier alpha value is -2.75. The van der Waals surface area contributed by atoms with Crippen molar-refractivity contribution in [1.29, 1.82) is 0 Å². The first-order valence-electron chi connectivity index (χ1n) is 9.48. The Balaban J connectivity index is 1.47. The highest BCUT2D eigenvalue weighted by Crippen LogP contribution is 2.27. The molecule has 0 bridgehead atoms. The van der Waals surface area contributed by atoms with Crippen LogP contribution in [0.3, 0.4) is 0 Å². The average molecular weight is 444 g/mol. The predicted octanol–water partition coefficient (Wildman–Crippen LogP) is 3.01. The second-order valence-electron chi connectivity index (χ2n) is 6.79. The highest BCUT2D eigenvalue weighted by molar-refractivity contribution is 7.92. The first-order chi connectivity index (χ1) is 14.5. The molecule has 0 spiro atoms. The fraction of sp³-hybridized carbons (Fsp3) is 0.238. The fourth-order valence-electron chi connectivity index (χ4n) is 3.20. The van der Waals surface area contributed by atoms with Gasteiger partial charge >= 0.3 is 0 Å². The van der Waals surface area contributed by atoms with E-state index in [0.29, 0.717) is 36.9 Å². The van der Waals surface area contributed by atoms with Crippen LogP contribution in [0.25, 0.3) is 11.1 Å². The van der Waals surface area contributed by atoms with Gasteiger partial charge in [0.05, 0.1) is 30.2 Å². The van der Waals surface area contributed by atoms with E-state index in [4.69, 9.17) is 4.74 Å². The van der Waals surface area contributed by atoms with E-state index >= 15 is 0 Å². The maximum Gasteiger partial charge on any atom is 0.261 e. The van der Waals surface area contributed by atoms with Crippen molar-refractivity contribution in [2.45, 2.75) is 11.3 Å². The van der Waals surface area contributed by atoms with E-state index in [0.717, 1.165) is 11.1 Å². The van der Waals surface area contributed by atoms with E-state index in [-0.39, 0.29) is 17.2 Å². The van der Waals surface area contributed by atoms with Crippen molar-refractivity contribution in [3.05, 3.63) is 65.1 Å². The van der Waals surface area contributed by atoms with Gasteiger partial charge in [0.1, 0.15) is 0 Å². The lowest BCUT2D eigenvalue weighted by molar-refractivity contribution is -0.134. The summed E-state index contributed by atoms with van der Waals surface area (Å²) < 4.78 is 33.6. The van der Waals surface area contributed by atoms with Gasteiger partial charge < -0.3 is 9.64 Å². The second-order valence-corrected chi connectivity index (χ2v) is 9.48. The Morgan fingerprint density at radius 2 is 1.70 bits per heavy atom. The largest absolute Gasteiger partial charge is 0.378 e. The number of nitrogens with zero attached hydrogens (tertiary/aromatic N) is 2. The molecule has 4 rings (SSSR count). The van der Waals surface area contributed by atoms with Gasteiger partial charge in [0.25, 0.3) is 10.0 Å². The molecule has 0 unspecified atom stereocenters. The summed E-state index contributed by atoms with van der Waals surface area (Å²) in [6, 6.07) is 12.1. The molecule has 1 aromatic carbocycles. The van der Waals surface area contributed by atoms with Crippen molar-refractivity contribution in [3.8, 4) is 11.1 Å². The predicted molar refractivity (Wildman–Crippen MR) is 116 cm³/mol. The monoisotopic (exact) mass is 443 g/mol. The number of thiophene rings is 1. The van der Waals surface area contributed by atoms with Crippen LogP contribution in [0.1, 0.15) is 4.88 Å². The molecule has 1 aliphatic rings. The summed E-state index contributed by atoms with van der Waals surface area (Å²) in [5.41, 5.74) is 2.31. The van der Waals surface area contributed by atoms with Crippen LogP contribution in [0.5, 0.6) is 0 Å². The van der Waals surface area contributed by atoms with E-state index < -0.39 is 10.0 Å². The number of pyridine rings is 1. The van der Waals surface area contributed by atoms with Gasteiger partial charge in [-0.25, -0.2) is 8.42 Å². The molecule has 3 aromatic rings. The lowest BCUT2D eigenvalue weighted by atomic mass is 10.1. The molecule has 156 valence electrons. The molecule has 1 aliphatic heterocycles. The number of aromatic nitrogens is 1. The number of carbonyl (C=O) groups is 1. The number of sulfonamides is 1. The number of carbonyl (C=O) groups excluding carboxylic acids is 1. The van der Waals surface area contributed by atoms with Crippen molar-refractivity contribution in [2.75, 3.05) is 31.0 Å². The third kappa shape index (κ3) is 4.69. The molecule has 1 saturated heterocycles. The van der Waals surface area contributed by atoms with Gasteiger partial charge in [-0.3, -0.25) is 14.5 Å². The summed E-state index contributed by atoms with van der Waals surface area (Å²) in [6.45, 7) is 2.19. The first-order valence-corrected chi connectivity index (χ1v) is 11.8. The lowest BCUT2D eigenvalue weighted by Gasteiger charge is -2.26. The number of amides is 1. The van der Waals surface area contributed by atoms with Crippen LogP contribution < -0.4 is 4.72 Å². The molecule has 3 heterocycles. The van der Waals surface area contributed by atoms with E-state index in [9.17, 15) is 13.2 Å². The average Bonchev–Trinajstić information content (AvgIpc) is 3.21. The summed E-state index contributed by atoms with van der Waals surface area (Å²) in [7, 11) is -3.77. The Morgan fingerprint density at radius 1 is 1.03 bits per heavy atom. The third-order valence-electron chi connectivity index (χ3n) is 4.84. The van der Waals surface area contributed by atoms with Gasteiger partial charge in [-0.1, -0.05) is 12.1 Å². The van der Waals surface area contributed by atoms with Crippen LogP contribution in [0, 0.1) is 0 Å². The third-order valence-corrected chi connectivity index (χ3v) is 7.15. The number of anilines is 1. The van der Waals surface area contributed by atoms with Gasteiger partial charge in [0, 0.05) is 30.4 Å². The molecule has 0 aliphatic carbocycles. The topological polar surface area (TPSA) is 88.6 Å². The molecule has 0 radical (unpaired) electrons. The standard InChI is InChI=1S/C21H21N3O4S2/c25-21(24-10-12-28-13-11-24)15-20-19(7-14-29-20)23-30(26,27)18-3-1-16(2-4-18)17-5-8-22-9-6-17/h1-9,14,23H,10-13,15H2. The number of rotatable bonds is 6. The number of benzene rings is 1. The van der Waals surface area contributed by atoms with Crippen molar-refractivity contribution in [1.82, 2.24) is 9.88 Å². The molecule has 30 heavy (non-hydrogen) atoms. The Labute approximate surface area is 179 Å². The highest BCUT2D eigenvalue weighted by Gasteiger charge is 2.21. The van der Waals surface area contributed by atoms with Crippen molar-refractivity contribution in [2.24, 2.45) is 0 Å². The van der Waals surface area contributed by atoms with Crippen LogP contribution in [-0.2, 0) is 26.0 Å². The van der Waals surface area contributed by atoms with Crippen LogP contribution in [-0.4, -0.2) is 50.5 Å². The van der Waals surface area contributed by atoms with Crippen molar-refractivity contribution in [3.63, 3.8) is 0 Å². The lowest BCUT2D eigenvalue weighted by Crippen LogP contribution is -2.41. The molecular weight excluding hydrogens is 422 g/mol. The Morgan fingerprint density at radius 3 is 2.40 bits per heavy atom. The summed E-state index contributed by atoms with van der Waals surface area (Å²) in [5.74, 6) is -0.0251.